The molecule has 1 rings (SSSR count). The van der Waals surface area contributed by atoms with Gasteiger partial charge in [0.2, 0.25) is 11.8 Å². The van der Waals surface area contributed by atoms with Gasteiger partial charge in [-0.3, -0.25) is 14.4 Å². The van der Waals surface area contributed by atoms with Crippen LogP contribution in [-0.4, -0.2) is 33.5 Å². The van der Waals surface area contributed by atoms with E-state index < -0.39 is 30.2 Å². The number of carboxylic acids is 1. The highest BCUT2D eigenvalue weighted by molar-refractivity contribution is 5.88. The maximum absolute atomic E-state index is 11.8. The third-order valence-corrected chi connectivity index (χ3v) is 3.05. The van der Waals surface area contributed by atoms with Gasteiger partial charge in [-0.2, -0.15) is 0 Å². The molecule has 0 spiro atoms. The maximum Gasteiger partial charge on any atom is 0.326 e. The molecular weight excluding hydrogens is 290 g/mol. The fourth-order valence-electron chi connectivity index (χ4n) is 1.91. The molecule has 2 amide bonds. The lowest BCUT2D eigenvalue weighted by atomic mass is 10.2. The van der Waals surface area contributed by atoms with E-state index >= 15 is 0 Å². The smallest absolute Gasteiger partial charge is 0.326 e. The summed E-state index contributed by atoms with van der Waals surface area (Å²) in [6.07, 6.45) is 1.58. The zero-order valence-electron chi connectivity index (χ0n) is 12.2. The highest BCUT2D eigenvalue weighted by Gasteiger charge is 2.21. The molecule has 120 valence electrons. The Bertz CT molecular complexity index is 623. The van der Waals surface area contributed by atoms with Crippen molar-refractivity contribution in [3.8, 4) is 0 Å². The minimum atomic E-state index is -1.33. The molecule has 8 nitrogen and oxygen atoms in total. The van der Waals surface area contributed by atoms with E-state index in [0.29, 0.717) is 18.5 Å². The van der Waals surface area contributed by atoms with E-state index in [4.69, 9.17) is 10.8 Å². The van der Waals surface area contributed by atoms with Crippen molar-refractivity contribution < 1.29 is 19.5 Å². The second-order valence-corrected chi connectivity index (χ2v) is 4.92. The number of carbonyl (C=O) groups is 3. The van der Waals surface area contributed by atoms with Crippen LogP contribution in [0, 0.1) is 6.92 Å². The molecule has 0 fully saturated rings. The Kier molecular flexibility index (Phi) is 6.30. The number of nitrogens with zero attached hydrogens (tertiary/aromatic N) is 1. The van der Waals surface area contributed by atoms with Gasteiger partial charge in [0, 0.05) is 24.7 Å². The summed E-state index contributed by atoms with van der Waals surface area (Å²) in [6, 6.07) is 2.11. The molecular formula is C14H19N3O5. The standard InChI is InChI=1S/C14H19N3O5/c1-9-4-2-6-17(13(9)20)7-3-5-12(19)16-10(14(21)22)8-11(15)18/h2,4,6,10H,3,5,7-8H2,1H3,(H2,15,18)(H,16,19)(H,21,22). The molecule has 22 heavy (non-hydrogen) atoms. The van der Waals surface area contributed by atoms with Gasteiger partial charge in [-0.05, 0) is 19.4 Å². The highest BCUT2D eigenvalue weighted by Crippen LogP contribution is 1.98. The Hall–Kier alpha value is -2.64. The number of carboxylic acid groups (broad SMARTS) is 1. The molecule has 0 saturated heterocycles. The van der Waals surface area contributed by atoms with E-state index in [1.807, 2.05) is 0 Å². The summed E-state index contributed by atoms with van der Waals surface area (Å²) in [4.78, 5) is 45.0. The second kappa shape index (κ2) is 7.96. The van der Waals surface area contributed by atoms with Gasteiger partial charge in [0.05, 0.1) is 6.42 Å². The van der Waals surface area contributed by atoms with Crippen molar-refractivity contribution in [3.05, 3.63) is 34.2 Å². The zero-order valence-corrected chi connectivity index (χ0v) is 12.2. The second-order valence-electron chi connectivity index (χ2n) is 4.92. The minimum absolute atomic E-state index is 0.0446. The number of primary amides is 1. The Morgan fingerprint density at radius 1 is 1.41 bits per heavy atom. The van der Waals surface area contributed by atoms with Crippen LogP contribution < -0.4 is 16.6 Å². The van der Waals surface area contributed by atoms with E-state index in [-0.39, 0.29) is 12.0 Å². The third kappa shape index (κ3) is 5.39. The van der Waals surface area contributed by atoms with E-state index in [0.717, 1.165) is 0 Å². The molecule has 0 radical (unpaired) electrons. The molecule has 8 heteroatoms. The van der Waals surface area contributed by atoms with Crippen LogP contribution in [-0.2, 0) is 20.9 Å². The lowest BCUT2D eigenvalue weighted by Gasteiger charge is -2.13. The van der Waals surface area contributed by atoms with Crippen LogP contribution >= 0.6 is 0 Å². The van der Waals surface area contributed by atoms with Crippen molar-refractivity contribution in [1.29, 1.82) is 0 Å². The molecule has 1 atom stereocenters. The Balaban J connectivity index is 2.49. The van der Waals surface area contributed by atoms with Crippen molar-refractivity contribution >= 4 is 17.8 Å². The molecule has 1 unspecified atom stereocenters. The number of aromatic nitrogens is 1. The third-order valence-electron chi connectivity index (χ3n) is 3.05. The first-order valence-electron chi connectivity index (χ1n) is 6.77. The van der Waals surface area contributed by atoms with Gasteiger partial charge in [-0.15, -0.1) is 0 Å². The van der Waals surface area contributed by atoms with Crippen LogP contribution in [0.2, 0.25) is 0 Å². The SMILES string of the molecule is Cc1cccn(CCCC(=O)NC(CC(N)=O)C(=O)O)c1=O. The number of aliphatic carboxylic acids is 1. The molecule has 1 aromatic rings. The fraction of sp³-hybridized carbons (Fsp3) is 0.429. The van der Waals surface area contributed by atoms with Crippen molar-refractivity contribution in [3.63, 3.8) is 0 Å². The molecule has 0 aliphatic heterocycles. The maximum atomic E-state index is 11.8. The predicted octanol–water partition coefficient (Wildman–Crippen LogP) is -0.618. The number of amides is 2. The lowest BCUT2D eigenvalue weighted by molar-refractivity contribution is -0.143. The van der Waals surface area contributed by atoms with E-state index in [9.17, 15) is 19.2 Å². The largest absolute Gasteiger partial charge is 0.480 e. The number of rotatable bonds is 8. The highest BCUT2D eigenvalue weighted by atomic mass is 16.4. The van der Waals surface area contributed by atoms with E-state index in [1.165, 1.54) is 4.57 Å². The molecule has 4 N–H and O–H groups in total. The van der Waals surface area contributed by atoms with Gasteiger partial charge < -0.3 is 20.7 Å². The number of nitrogens with two attached hydrogens (primary N) is 1. The van der Waals surface area contributed by atoms with Gasteiger partial charge in [0.1, 0.15) is 6.04 Å². The van der Waals surface area contributed by atoms with Crippen LogP contribution in [0.3, 0.4) is 0 Å². The van der Waals surface area contributed by atoms with Crippen LogP contribution in [0.15, 0.2) is 23.1 Å². The summed E-state index contributed by atoms with van der Waals surface area (Å²) in [7, 11) is 0. The van der Waals surface area contributed by atoms with E-state index in [1.54, 1.807) is 25.3 Å². The number of hydrogen-bond acceptors (Lipinski definition) is 4. The monoisotopic (exact) mass is 309 g/mol. The number of nitrogens with one attached hydrogen (secondary N) is 1. The summed E-state index contributed by atoms with van der Waals surface area (Å²) >= 11 is 0. The number of hydrogen-bond donors (Lipinski definition) is 3. The van der Waals surface area contributed by atoms with Crippen molar-refractivity contribution in [2.24, 2.45) is 5.73 Å². The Labute approximate surface area is 126 Å². The van der Waals surface area contributed by atoms with Gasteiger partial charge >= 0.3 is 5.97 Å². The zero-order chi connectivity index (χ0) is 16.7. The average Bonchev–Trinajstić information content (AvgIpc) is 2.42. The van der Waals surface area contributed by atoms with Gasteiger partial charge in [-0.25, -0.2) is 4.79 Å². The number of aryl methyl sites for hydroxylation is 2. The summed E-state index contributed by atoms with van der Waals surface area (Å²) in [5.74, 6) is -2.63. The number of pyridine rings is 1. The fourth-order valence-corrected chi connectivity index (χ4v) is 1.91. The number of carbonyl (C=O) groups excluding carboxylic acids is 2. The van der Waals surface area contributed by atoms with Gasteiger partial charge in [0.15, 0.2) is 0 Å². The molecule has 1 aromatic heterocycles. The quantitative estimate of drug-likeness (QED) is 0.589. The average molecular weight is 309 g/mol. The Morgan fingerprint density at radius 2 is 2.09 bits per heavy atom. The van der Waals surface area contributed by atoms with Crippen molar-refractivity contribution in [2.75, 3.05) is 0 Å². The molecule has 0 aliphatic rings. The van der Waals surface area contributed by atoms with E-state index in [2.05, 4.69) is 5.32 Å². The van der Waals surface area contributed by atoms with Crippen LogP contribution in [0.25, 0.3) is 0 Å². The molecule has 1 heterocycles. The predicted molar refractivity (Wildman–Crippen MR) is 78.1 cm³/mol. The van der Waals surface area contributed by atoms with Crippen LogP contribution in [0.1, 0.15) is 24.8 Å². The van der Waals surface area contributed by atoms with Crippen LogP contribution in [0.4, 0.5) is 0 Å². The summed E-state index contributed by atoms with van der Waals surface area (Å²) in [5.41, 5.74) is 5.41. The molecule has 0 aromatic carbocycles. The van der Waals surface area contributed by atoms with Crippen LogP contribution in [0.5, 0.6) is 0 Å². The minimum Gasteiger partial charge on any atom is -0.480 e. The first kappa shape index (κ1) is 17.4. The first-order chi connectivity index (χ1) is 10.3. The molecule has 0 bridgehead atoms. The Morgan fingerprint density at radius 3 is 2.68 bits per heavy atom. The molecule has 0 aliphatic carbocycles. The summed E-state index contributed by atoms with van der Waals surface area (Å²) in [6.45, 7) is 2.05. The topological polar surface area (TPSA) is 131 Å². The summed E-state index contributed by atoms with van der Waals surface area (Å²) in [5, 5.41) is 11.1. The first-order valence-corrected chi connectivity index (χ1v) is 6.77. The van der Waals surface area contributed by atoms with Gasteiger partial charge in [0.25, 0.3) is 5.56 Å². The van der Waals surface area contributed by atoms with Crippen molar-refractivity contribution in [2.45, 2.75) is 38.8 Å². The van der Waals surface area contributed by atoms with Gasteiger partial charge in [-0.1, -0.05) is 6.07 Å². The lowest BCUT2D eigenvalue weighted by Crippen LogP contribution is -2.43. The van der Waals surface area contributed by atoms with Crippen molar-refractivity contribution in [1.82, 2.24) is 9.88 Å². The molecule has 0 saturated carbocycles. The normalized spacial score (nSPS) is 11.7. The summed E-state index contributed by atoms with van der Waals surface area (Å²) < 4.78 is 1.49.